The summed E-state index contributed by atoms with van der Waals surface area (Å²) in [4.78, 5) is 16.9. The van der Waals surface area contributed by atoms with Gasteiger partial charge in [0.15, 0.2) is 0 Å². The molecule has 0 fully saturated rings. The molecule has 2 heterocycles. The minimum absolute atomic E-state index is 0.0615. The number of carbonyl (C=O) groups is 1. The topological polar surface area (TPSA) is 130 Å². The summed E-state index contributed by atoms with van der Waals surface area (Å²) in [6.07, 6.45) is 2.96. The Morgan fingerprint density at radius 3 is 2.53 bits per heavy atom. The molecule has 1 unspecified atom stereocenters. The lowest BCUT2D eigenvalue weighted by Gasteiger charge is -2.29. The van der Waals surface area contributed by atoms with Crippen molar-refractivity contribution in [1.82, 2.24) is 15.6 Å². The summed E-state index contributed by atoms with van der Waals surface area (Å²) in [5, 5.41) is 13.8. The van der Waals surface area contributed by atoms with Gasteiger partial charge in [-0.05, 0) is 54.8 Å². The van der Waals surface area contributed by atoms with E-state index in [1.54, 1.807) is 12.1 Å². The van der Waals surface area contributed by atoms with Crippen molar-refractivity contribution in [3.8, 4) is 0 Å². The lowest BCUT2D eigenvalue weighted by atomic mass is 9.91. The first-order valence-electron chi connectivity index (χ1n) is 12.4. The van der Waals surface area contributed by atoms with Crippen LogP contribution in [0.1, 0.15) is 23.8 Å². The molecule has 38 heavy (non-hydrogen) atoms. The highest BCUT2D eigenvalue weighted by Gasteiger charge is 2.34. The van der Waals surface area contributed by atoms with Crippen LogP contribution in [0.25, 0.3) is 21.9 Å². The maximum absolute atomic E-state index is 13.6. The van der Waals surface area contributed by atoms with Crippen LogP contribution in [-0.2, 0) is 34.2 Å². The van der Waals surface area contributed by atoms with Gasteiger partial charge in [-0.25, -0.2) is 13.6 Å². The van der Waals surface area contributed by atoms with Gasteiger partial charge in [0, 0.05) is 35.5 Å². The van der Waals surface area contributed by atoms with Crippen LogP contribution in [0.5, 0.6) is 0 Å². The Morgan fingerprint density at radius 2 is 1.76 bits per heavy atom. The molecule has 196 valence electrons. The van der Waals surface area contributed by atoms with E-state index in [1.165, 1.54) is 12.1 Å². The van der Waals surface area contributed by atoms with Crippen molar-refractivity contribution in [2.75, 3.05) is 6.54 Å². The lowest BCUT2D eigenvalue weighted by Crippen LogP contribution is -2.56. The van der Waals surface area contributed by atoms with E-state index in [1.807, 2.05) is 67.7 Å². The second-order valence-corrected chi connectivity index (χ2v) is 11.2. The fourth-order valence-electron chi connectivity index (χ4n) is 4.65. The van der Waals surface area contributed by atoms with Crippen LogP contribution in [0.3, 0.4) is 0 Å². The van der Waals surface area contributed by atoms with Crippen LogP contribution in [-0.4, -0.2) is 31.4 Å². The monoisotopic (exact) mass is 530 g/mol. The summed E-state index contributed by atoms with van der Waals surface area (Å²) in [6, 6.07) is 24.2. The molecule has 2 aromatic heterocycles. The van der Waals surface area contributed by atoms with Crippen LogP contribution in [0, 0.1) is 0 Å². The van der Waals surface area contributed by atoms with Crippen LogP contribution < -0.4 is 15.8 Å². The van der Waals surface area contributed by atoms with Gasteiger partial charge in [-0.3, -0.25) is 10.1 Å². The molecule has 8 nitrogen and oxygen atoms in total. The van der Waals surface area contributed by atoms with Crippen LogP contribution >= 0.6 is 0 Å². The number of para-hydroxylation sites is 2. The number of hydrogen-bond donors (Lipinski definition) is 4. The van der Waals surface area contributed by atoms with Gasteiger partial charge in [0.05, 0.1) is 17.0 Å². The first-order chi connectivity index (χ1) is 18.2. The standard InChI is InChI=1S/C29H30N4O4S/c1-29(17-22-18-32-26-8-4-3-7-25(22)26,33-19-23-16-21-6-2-5-9-27(21)37-23)28(34)31-15-14-20-10-12-24(13-11-20)38(30,35)36/h2-13,16,18,32-33H,14-15,17,19H2,1H3,(H,31,34)(H2,30,35,36). The number of rotatable bonds is 10. The SMILES string of the molecule is CC(Cc1c[nH]c2ccccc12)(NCc1cc2ccccc2o1)C(=O)NCCc1ccc(S(N)(=O)=O)cc1. The van der Waals surface area contributed by atoms with Crippen molar-refractivity contribution in [2.45, 2.75) is 36.7 Å². The number of aromatic nitrogens is 1. The molecule has 5 aromatic rings. The van der Waals surface area contributed by atoms with Gasteiger partial charge >= 0.3 is 0 Å². The zero-order valence-corrected chi connectivity index (χ0v) is 21.8. The number of benzene rings is 3. The third kappa shape index (κ3) is 5.65. The molecule has 0 saturated carbocycles. The molecule has 9 heteroatoms. The van der Waals surface area contributed by atoms with Crippen molar-refractivity contribution in [2.24, 2.45) is 5.14 Å². The molecule has 0 aliphatic carbocycles. The van der Waals surface area contributed by atoms with Crippen molar-refractivity contribution < 1.29 is 17.6 Å². The number of H-pyrrole nitrogens is 1. The summed E-state index contributed by atoms with van der Waals surface area (Å²) in [7, 11) is -3.74. The number of primary sulfonamides is 1. The first kappa shape index (κ1) is 25.7. The zero-order chi connectivity index (χ0) is 26.8. The predicted molar refractivity (Wildman–Crippen MR) is 148 cm³/mol. The number of fused-ring (bicyclic) bond motifs is 2. The van der Waals surface area contributed by atoms with E-state index in [4.69, 9.17) is 9.56 Å². The van der Waals surface area contributed by atoms with Crippen molar-refractivity contribution in [3.05, 3.63) is 102 Å². The highest BCUT2D eigenvalue weighted by Crippen LogP contribution is 2.24. The van der Waals surface area contributed by atoms with E-state index in [-0.39, 0.29) is 10.8 Å². The smallest absolute Gasteiger partial charge is 0.240 e. The number of nitrogens with two attached hydrogens (primary N) is 1. The van der Waals surface area contributed by atoms with Crippen molar-refractivity contribution in [1.29, 1.82) is 0 Å². The van der Waals surface area contributed by atoms with Gasteiger partial charge in [-0.15, -0.1) is 0 Å². The Labute approximate surface area is 221 Å². The van der Waals surface area contributed by atoms with Crippen LogP contribution in [0.4, 0.5) is 0 Å². The average molecular weight is 531 g/mol. The third-order valence-corrected chi connectivity index (χ3v) is 7.73. The number of amides is 1. The highest BCUT2D eigenvalue weighted by atomic mass is 32.2. The molecule has 0 aliphatic rings. The van der Waals surface area contributed by atoms with E-state index < -0.39 is 15.6 Å². The van der Waals surface area contributed by atoms with Gasteiger partial charge in [0.2, 0.25) is 15.9 Å². The molecule has 5 N–H and O–H groups in total. The third-order valence-electron chi connectivity index (χ3n) is 6.80. The summed E-state index contributed by atoms with van der Waals surface area (Å²) >= 11 is 0. The minimum Gasteiger partial charge on any atom is -0.460 e. The second kappa shape index (κ2) is 10.4. The number of sulfonamides is 1. The molecule has 1 amide bonds. The Balaban J connectivity index is 1.31. The van der Waals surface area contributed by atoms with E-state index in [0.717, 1.165) is 38.8 Å². The Hall–Kier alpha value is -3.92. The zero-order valence-electron chi connectivity index (χ0n) is 21.0. The Kier molecular flexibility index (Phi) is 7.07. The number of furan rings is 1. The molecule has 0 bridgehead atoms. The van der Waals surface area contributed by atoms with Gasteiger partial charge in [-0.2, -0.15) is 0 Å². The molecule has 0 spiro atoms. The van der Waals surface area contributed by atoms with E-state index in [0.29, 0.717) is 25.9 Å². The molecule has 5 rings (SSSR count). The summed E-state index contributed by atoms with van der Waals surface area (Å²) in [5.74, 6) is 0.610. The van der Waals surface area contributed by atoms with Crippen molar-refractivity contribution >= 4 is 37.8 Å². The summed E-state index contributed by atoms with van der Waals surface area (Å²) in [5.41, 5.74) is 2.83. The molecule has 0 aliphatic heterocycles. The molecule has 3 aromatic carbocycles. The van der Waals surface area contributed by atoms with Gasteiger partial charge < -0.3 is 14.7 Å². The highest BCUT2D eigenvalue weighted by molar-refractivity contribution is 7.89. The van der Waals surface area contributed by atoms with Crippen molar-refractivity contribution in [3.63, 3.8) is 0 Å². The van der Waals surface area contributed by atoms with E-state index >= 15 is 0 Å². The van der Waals surface area contributed by atoms with Crippen LogP contribution in [0.2, 0.25) is 0 Å². The average Bonchev–Trinajstić information content (AvgIpc) is 3.51. The Bertz CT molecular complexity index is 1660. The fourth-order valence-corrected chi connectivity index (χ4v) is 5.16. The van der Waals surface area contributed by atoms with E-state index in [2.05, 4.69) is 15.6 Å². The lowest BCUT2D eigenvalue weighted by molar-refractivity contribution is -0.127. The molecule has 0 radical (unpaired) electrons. The van der Waals surface area contributed by atoms with E-state index in [9.17, 15) is 13.2 Å². The summed E-state index contributed by atoms with van der Waals surface area (Å²) in [6.45, 7) is 2.67. The molecular formula is C29H30N4O4S. The summed E-state index contributed by atoms with van der Waals surface area (Å²) < 4.78 is 28.9. The second-order valence-electron chi connectivity index (χ2n) is 9.67. The van der Waals surface area contributed by atoms with Gasteiger partial charge in [0.1, 0.15) is 11.3 Å². The fraction of sp³-hybridized carbons (Fsp3) is 0.207. The first-order valence-corrected chi connectivity index (χ1v) is 13.9. The largest absolute Gasteiger partial charge is 0.460 e. The number of aromatic amines is 1. The maximum atomic E-state index is 13.6. The molecule has 0 saturated heterocycles. The minimum atomic E-state index is -3.74. The van der Waals surface area contributed by atoms with Gasteiger partial charge in [0.25, 0.3) is 0 Å². The molecular weight excluding hydrogens is 500 g/mol. The number of carbonyl (C=O) groups excluding carboxylic acids is 1. The quantitative estimate of drug-likeness (QED) is 0.217. The maximum Gasteiger partial charge on any atom is 0.240 e. The normalized spacial score (nSPS) is 13.5. The van der Waals surface area contributed by atoms with Gasteiger partial charge in [-0.1, -0.05) is 48.5 Å². The predicted octanol–water partition coefficient (Wildman–Crippen LogP) is 4.01. The van der Waals surface area contributed by atoms with Crippen LogP contribution in [0.15, 0.2) is 94.4 Å². The Morgan fingerprint density at radius 1 is 1.03 bits per heavy atom. The molecule has 1 atom stereocenters. The number of nitrogens with one attached hydrogen (secondary N) is 3. The number of hydrogen-bond acceptors (Lipinski definition) is 5.